The summed E-state index contributed by atoms with van der Waals surface area (Å²) in [7, 11) is -1.14. The van der Waals surface area contributed by atoms with Gasteiger partial charge in [0.05, 0.1) is 0 Å². The molecule has 24 heavy (non-hydrogen) atoms. The summed E-state index contributed by atoms with van der Waals surface area (Å²) in [6, 6.07) is 21.8. The molecule has 0 N–H and O–H groups in total. The molecule has 2 heteroatoms. The number of rotatable bonds is 3. The average molecular weight is 350 g/mol. The largest absolute Gasteiger partial charge is 0.157 e. The second-order valence-corrected chi connectivity index (χ2v) is 9.26. The van der Waals surface area contributed by atoms with Gasteiger partial charge in [-0.2, -0.15) is 0 Å². The van der Waals surface area contributed by atoms with Crippen molar-refractivity contribution in [1.82, 2.24) is 0 Å². The molecule has 0 aliphatic carbocycles. The number of halogens is 1. The number of benzene rings is 3. The third kappa shape index (κ3) is 3.33. The third-order valence-electron chi connectivity index (χ3n) is 4.47. The van der Waals surface area contributed by atoms with Crippen LogP contribution in [-0.2, 0) is 0 Å². The lowest BCUT2D eigenvalue weighted by Gasteiger charge is -2.22. The molecule has 0 nitrogen and oxygen atoms in total. The van der Waals surface area contributed by atoms with Gasteiger partial charge in [0.15, 0.2) is 8.80 Å². The van der Waals surface area contributed by atoms with Crippen LogP contribution in [0.5, 0.6) is 0 Å². The van der Waals surface area contributed by atoms with Crippen LogP contribution in [-0.4, -0.2) is 8.80 Å². The minimum atomic E-state index is -1.14. The molecule has 0 aromatic heterocycles. The van der Waals surface area contributed by atoms with E-state index in [1.54, 1.807) is 0 Å². The highest BCUT2D eigenvalue weighted by Gasteiger charge is 2.25. The Hall–Kier alpha value is -1.83. The van der Waals surface area contributed by atoms with Crippen molar-refractivity contribution in [1.29, 1.82) is 0 Å². The summed E-state index contributed by atoms with van der Waals surface area (Å²) >= 11 is 6.63. The van der Waals surface area contributed by atoms with Gasteiger partial charge >= 0.3 is 0 Å². The van der Waals surface area contributed by atoms with Gasteiger partial charge in [0, 0.05) is 5.02 Å². The minimum Gasteiger partial charge on any atom is -0.0845 e. The Bertz CT molecular complexity index is 831. The lowest BCUT2D eigenvalue weighted by molar-refractivity contribution is 1.41. The molecule has 0 aliphatic heterocycles. The Morgan fingerprint density at radius 2 is 1.12 bits per heavy atom. The summed E-state index contributed by atoms with van der Waals surface area (Å²) in [5.74, 6) is 0. The summed E-state index contributed by atoms with van der Waals surface area (Å²) in [6.45, 7) is 8.75. The van der Waals surface area contributed by atoms with E-state index in [9.17, 15) is 0 Å². The van der Waals surface area contributed by atoms with Crippen molar-refractivity contribution in [3.05, 3.63) is 87.9 Å². The molecule has 0 unspecified atom stereocenters. The first-order valence-corrected chi connectivity index (χ1v) is 10.1. The van der Waals surface area contributed by atoms with Crippen LogP contribution in [0.4, 0.5) is 0 Å². The van der Waals surface area contributed by atoms with Crippen LogP contribution in [0.1, 0.15) is 22.3 Å². The number of hydrogen-bond donors (Lipinski definition) is 0. The first-order chi connectivity index (χ1) is 11.5. The monoisotopic (exact) mass is 349 g/mol. The van der Waals surface area contributed by atoms with E-state index in [0.29, 0.717) is 0 Å². The standard InChI is InChI=1S/C22H22ClSi/c1-15-9-11-17(3)21(13-15)24(20-8-6-5-7-19(20)23)22-14-16(2)10-12-18(22)4/h5-14H,1-4H3. The highest BCUT2D eigenvalue weighted by molar-refractivity contribution is 6.97. The van der Waals surface area contributed by atoms with Crippen LogP contribution in [0.15, 0.2) is 60.7 Å². The van der Waals surface area contributed by atoms with Crippen molar-refractivity contribution in [3.63, 3.8) is 0 Å². The van der Waals surface area contributed by atoms with Crippen molar-refractivity contribution < 1.29 is 0 Å². The topological polar surface area (TPSA) is 0 Å². The average Bonchev–Trinajstić information content (AvgIpc) is 2.56. The van der Waals surface area contributed by atoms with Gasteiger partial charge in [-0.3, -0.25) is 0 Å². The van der Waals surface area contributed by atoms with E-state index in [-0.39, 0.29) is 0 Å². The van der Waals surface area contributed by atoms with Crippen molar-refractivity contribution >= 4 is 36.0 Å². The maximum Gasteiger partial charge on any atom is 0.157 e. The van der Waals surface area contributed by atoms with Gasteiger partial charge in [0.2, 0.25) is 0 Å². The molecule has 0 saturated carbocycles. The summed E-state index contributed by atoms with van der Waals surface area (Å²) < 4.78 is 0. The number of aryl methyl sites for hydroxylation is 4. The van der Waals surface area contributed by atoms with Crippen LogP contribution in [0.2, 0.25) is 5.02 Å². The zero-order valence-corrected chi connectivity index (χ0v) is 16.4. The fraction of sp³-hybridized carbons (Fsp3) is 0.182. The molecule has 0 spiro atoms. The van der Waals surface area contributed by atoms with Crippen LogP contribution in [0, 0.1) is 27.7 Å². The highest BCUT2D eigenvalue weighted by atomic mass is 35.5. The molecule has 0 amide bonds. The van der Waals surface area contributed by atoms with Gasteiger partial charge in [0.1, 0.15) is 0 Å². The first kappa shape index (κ1) is 17.0. The molecule has 3 aromatic rings. The molecule has 3 aromatic carbocycles. The van der Waals surface area contributed by atoms with E-state index in [4.69, 9.17) is 11.6 Å². The van der Waals surface area contributed by atoms with E-state index < -0.39 is 8.80 Å². The Morgan fingerprint density at radius 3 is 1.62 bits per heavy atom. The summed E-state index contributed by atoms with van der Waals surface area (Å²) in [6.07, 6.45) is 0. The fourth-order valence-electron chi connectivity index (χ4n) is 3.11. The summed E-state index contributed by atoms with van der Waals surface area (Å²) in [4.78, 5) is 0. The zero-order chi connectivity index (χ0) is 17.3. The maximum absolute atomic E-state index is 6.63. The third-order valence-corrected chi connectivity index (χ3v) is 8.09. The molecule has 0 bridgehead atoms. The van der Waals surface area contributed by atoms with Crippen molar-refractivity contribution in [2.45, 2.75) is 27.7 Å². The highest BCUT2D eigenvalue weighted by Crippen LogP contribution is 2.11. The predicted octanol–water partition coefficient (Wildman–Crippen LogP) is 4.09. The van der Waals surface area contributed by atoms with Gasteiger partial charge < -0.3 is 0 Å². The first-order valence-electron chi connectivity index (χ1n) is 8.24. The van der Waals surface area contributed by atoms with E-state index in [2.05, 4.69) is 76.2 Å². The predicted molar refractivity (Wildman–Crippen MR) is 108 cm³/mol. The molecule has 1 radical (unpaired) electrons. The van der Waals surface area contributed by atoms with Crippen molar-refractivity contribution in [2.75, 3.05) is 0 Å². The lowest BCUT2D eigenvalue weighted by Crippen LogP contribution is -2.54. The number of hydrogen-bond acceptors (Lipinski definition) is 0. The molecule has 0 heterocycles. The molecule has 121 valence electrons. The zero-order valence-electron chi connectivity index (χ0n) is 14.7. The van der Waals surface area contributed by atoms with Gasteiger partial charge in [-0.1, -0.05) is 88.5 Å². The molecule has 0 saturated heterocycles. The van der Waals surface area contributed by atoms with Crippen molar-refractivity contribution in [2.24, 2.45) is 0 Å². The lowest BCUT2D eigenvalue weighted by atomic mass is 10.2. The van der Waals surface area contributed by atoms with Crippen LogP contribution in [0.3, 0.4) is 0 Å². The van der Waals surface area contributed by atoms with E-state index in [0.717, 1.165) is 5.02 Å². The smallest absolute Gasteiger partial charge is 0.0845 e. The Kier molecular flexibility index (Phi) is 4.93. The van der Waals surface area contributed by atoms with Crippen LogP contribution >= 0.6 is 11.6 Å². The van der Waals surface area contributed by atoms with E-state index in [1.165, 1.54) is 37.8 Å². The molecule has 3 rings (SSSR count). The molecule has 0 aliphatic rings. The Balaban J connectivity index is 2.31. The Morgan fingerprint density at radius 1 is 0.625 bits per heavy atom. The molecular weight excluding hydrogens is 328 g/mol. The SMILES string of the molecule is Cc1ccc(C)c([Si](c2cc(C)ccc2C)c2ccccc2Cl)c1. The second-order valence-electron chi connectivity index (χ2n) is 6.49. The normalized spacial score (nSPS) is 11.1. The van der Waals surface area contributed by atoms with Gasteiger partial charge in [-0.15, -0.1) is 0 Å². The summed E-state index contributed by atoms with van der Waals surface area (Å²) in [5.41, 5.74) is 5.29. The van der Waals surface area contributed by atoms with E-state index >= 15 is 0 Å². The second kappa shape index (κ2) is 6.96. The van der Waals surface area contributed by atoms with Gasteiger partial charge in [0.25, 0.3) is 0 Å². The fourth-order valence-corrected chi connectivity index (χ4v) is 6.68. The maximum atomic E-state index is 6.63. The van der Waals surface area contributed by atoms with E-state index in [1.807, 2.05) is 12.1 Å². The molecular formula is C22H22ClSi. The quantitative estimate of drug-likeness (QED) is 0.493. The van der Waals surface area contributed by atoms with Crippen LogP contribution in [0.25, 0.3) is 0 Å². The Labute approximate surface area is 151 Å². The minimum absolute atomic E-state index is 0.869. The molecule has 0 fully saturated rings. The van der Waals surface area contributed by atoms with Crippen molar-refractivity contribution in [3.8, 4) is 0 Å². The van der Waals surface area contributed by atoms with Crippen LogP contribution < -0.4 is 15.6 Å². The molecule has 0 atom stereocenters. The van der Waals surface area contributed by atoms with Gasteiger partial charge in [-0.05, 0) is 49.3 Å². The van der Waals surface area contributed by atoms with Gasteiger partial charge in [-0.25, -0.2) is 0 Å². The summed E-state index contributed by atoms with van der Waals surface area (Å²) in [5, 5.41) is 5.00.